The van der Waals surface area contributed by atoms with Crippen LogP contribution in [0.25, 0.3) is 10.9 Å². The van der Waals surface area contributed by atoms with E-state index in [1.165, 1.54) is 12.3 Å². The van der Waals surface area contributed by atoms with Crippen LogP contribution in [0.3, 0.4) is 0 Å². The Kier molecular flexibility index (Phi) is 4.42. The van der Waals surface area contributed by atoms with Crippen molar-refractivity contribution in [2.45, 2.75) is 18.4 Å². The van der Waals surface area contributed by atoms with Crippen LogP contribution in [0.5, 0.6) is 0 Å². The summed E-state index contributed by atoms with van der Waals surface area (Å²) in [6, 6.07) is 6.86. The van der Waals surface area contributed by atoms with Crippen LogP contribution >= 0.6 is 0 Å². The van der Waals surface area contributed by atoms with Gasteiger partial charge in [-0.1, -0.05) is 0 Å². The summed E-state index contributed by atoms with van der Waals surface area (Å²) in [7, 11) is 0. The number of rotatable bonds is 3. The lowest BCUT2D eigenvalue weighted by molar-refractivity contribution is -0.131. The average Bonchev–Trinajstić information content (AvgIpc) is 2.93. The number of nitrogen functional groups attached to an aromatic ring is 1. The van der Waals surface area contributed by atoms with Crippen LogP contribution in [-0.4, -0.2) is 46.8 Å². The van der Waals surface area contributed by atoms with Crippen molar-refractivity contribution >= 4 is 28.4 Å². The molecule has 1 aromatic carbocycles. The number of amides is 2. The van der Waals surface area contributed by atoms with Crippen molar-refractivity contribution in [3.63, 3.8) is 0 Å². The molecular weight excluding hydrogens is 344 g/mol. The third-order valence-corrected chi connectivity index (χ3v) is 4.15. The highest BCUT2D eigenvalue weighted by Gasteiger charge is 2.47. The molecule has 1 atom stereocenters. The van der Waals surface area contributed by atoms with E-state index in [0.717, 1.165) is 4.90 Å². The third-order valence-electron chi connectivity index (χ3n) is 4.15. The zero-order chi connectivity index (χ0) is 18.9. The van der Waals surface area contributed by atoms with Gasteiger partial charge in [0.25, 0.3) is 11.8 Å². The molecule has 2 amide bonds. The number of hydrogen-bond donors (Lipinski definition) is 2. The monoisotopic (exact) mass is 359 g/mol. The minimum absolute atomic E-state index is 0.284. The van der Waals surface area contributed by atoms with E-state index < -0.39 is 43.3 Å². The van der Waals surface area contributed by atoms with Crippen LogP contribution in [0, 0.1) is 11.3 Å². The highest BCUT2D eigenvalue weighted by molar-refractivity contribution is 6.07. The van der Waals surface area contributed by atoms with Crippen molar-refractivity contribution in [1.29, 1.82) is 5.26 Å². The van der Waals surface area contributed by atoms with E-state index in [4.69, 9.17) is 11.0 Å². The Hall–Kier alpha value is -3.28. The number of anilines is 1. The van der Waals surface area contributed by atoms with Gasteiger partial charge in [0.15, 0.2) is 0 Å². The van der Waals surface area contributed by atoms with E-state index in [0.29, 0.717) is 16.6 Å². The topological polar surface area (TPSA) is 112 Å². The number of alkyl halides is 2. The van der Waals surface area contributed by atoms with Gasteiger partial charge in [-0.15, -0.1) is 0 Å². The Morgan fingerprint density at radius 1 is 1.42 bits per heavy atom. The van der Waals surface area contributed by atoms with Crippen LogP contribution in [0.2, 0.25) is 0 Å². The third kappa shape index (κ3) is 3.39. The Bertz CT molecular complexity index is 925. The lowest BCUT2D eigenvalue weighted by Gasteiger charge is -2.19. The van der Waals surface area contributed by atoms with Crippen LogP contribution < -0.4 is 11.1 Å². The molecule has 26 heavy (non-hydrogen) atoms. The molecular formula is C17H15F2N5O2. The van der Waals surface area contributed by atoms with Gasteiger partial charge in [-0.05, 0) is 24.3 Å². The first kappa shape index (κ1) is 17.5. The molecule has 2 aromatic rings. The molecule has 1 aliphatic rings. The number of hydrogen-bond acceptors (Lipinski definition) is 5. The quantitative estimate of drug-likeness (QED) is 0.803. The summed E-state index contributed by atoms with van der Waals surface area (Å²) in [5.41, 5.74) is 6.99. The average molecular weight is 359 g/mol. The molecule has 134 valence electrons. The first-order valence-corrected chi connectivity index (χ1v) is 7.80. The highest BCUT2D eigenvalue weighted by Crippen LogP contribution is 2.31. The maximum atomic E-state index is 13.4. The van der Waals surface area contributed by atoms with Crippen LogP contribution in [0.4, 0.5) is 14.5 Å². The summed E-state index contributed by atoms with van der Waals surface area (Å²) in [5.74, 6) is -4.37. The fourth-order valence-corrected chi connectivity index (χ4v) is 2.91. The largest absolute Gasteiger partial charge is 0.399 e. The van der Waals surface area contributed by atoms with E-state index >= 15 is 0 Å². The lowest BCUT2D eigenvalue weighted by Crippen LogP contribution is -2.43. The Labute approximate surface area is 147 Å². The fraction of sp³-hybridized carbons (Fsp3) is 0.294. The van der Waals surface area contributed by atoms with E-state index in [1.807, 2.05) is 0 Å². The number of benzene rings is 1. The molecule has 1 aromatic heterocycles. The standard InChI is InChI=1S/C17H15F2N5O2/c18-17(19)6-11(7-20)24(9-17)15(25)8-23-16(26)13-3-4-22-14-5-10(21)1-2-12(13)14/h1-5,11H,6,8-9,21H2,(H,23,26)/t11-/m0/s1. The Morgan fingerprint density at radius 3 is 2.92 bits per heavy atom. The van der Waals surface area contributed by atoms with Crippen molar-refractivity contribution in [2.75, 3.05) is 18.8 Å². The summed E-state index contributed by atoms with van der Waals surface area (Å²) in [5, 5.41) is 11.9. The van der Waals surface area contributed by atoms with E-state index in [2.05, 4.69) is 10.3 Å². The summed E-state index contributed by atoms with van der Waals surface area (Å²) in [6.07, 6.45) is 0.741. The molecule has 0 aliphatic carbocycles. The fourth-order valence-electron chi connectivity index (χ4n) is 2.91. The molecule has 9 heteroatoms. The number of nitrogens with two attached hydrogens (primary N) is 1. The van der Waals surface area contributed by atoms with E-state index in [-0.39, 0.29) is 5.56 Å². The first-order chi connectivity index (χ1) is 12.3. The number of likely N-dealkylation sites (tertiary alicyclic amines) is 1. The van der Waals surface area contributed by atoms with Gasteiger partial charge in [-0.2, -0.15) is 5.26 Å². The Morgan fingerprint density at radius 2 is 2.19 bits per heavy atom. The Balaban J connectivity index is 1.72. The molecule has 0 saturated carbocycles. The molecule has 2 heterocycles. The van der Waals surface area contributed by atoms with Gasteiger partial charge in [-0.3, -0.25) is 14.6 Å². The number of nitrogens with zero attached hydrogens (tertiary/aromatic N) is 3. The number of fused-ring (bicyclic) bond motifs is 1. The first-order valence-electron chi connectivity index (χ1n) is 7.80. The van der Waals surface area contributed by atoms with Crippen LogP contribution in [-0.2, 0) is 4.79 Å². The number of aromatic nitrogens is 1. The second kappa shape index (κ2) is 6.55. The van der Waals surface area contributed by atoms with Gasteiger partial charge in [0.05, 0.1) is 30.2 Å². The number of carbonyl (C=O) groups is 2. The molecule has 0 bridgehead atoms. The van der Waals surface area contributed by atoms with E-state index in [9.17, 15) is 18.4 Å². The van der Waals surface area contributed by atoms with Gasteiger partial charge in [0.2, 0.25) is 5.91 Å². The van der Waals surface area contributed by atoms with Gasteiger partial charge < -0.3 is 16.0 Å². The van der Waals surface area contributed by atoms with Crippen molar-refractivity contribution in [1.82, 2.24) is 15.2 Å². The molecule has 1 fully saturated rings. The van der Waals surface area contributed by atoms with Crippen molar-refractivity contribution in [2.24, 2.45) is 0 Å². The molecule has 3 rings (SSSR count). The molecule has 0 spiro atoms. The number of nitriles is 1. The minimum atomic E-state index is -3.10. The van der Waals surface area contributed by atoms with Gasteiger partial charge in [0.1, 0.15) is 6.04 Å². The van der Waals surface area contributed by atoms with Crippen molar-refractivity contribution < 1.29 is 18.4 Å². The second-order valence-corrected chi connectivity index (χ2v) is 6.04. The maximum absolute atomic E-state index is 13.4. The van der Waals surface area contributed by atoms with Crippen LogP contribution in [0.15, 0.2) is 30.5 Å². The van der Waals surface area contributed by atoms with Crippen LogP contribution in [0.1, 0.15) is 16.8 Å². The molecule has 0 unspecified atom stereocenters. The molecule has 1 aliphatic heterocycles. The minimum Gasteiger partial charge on any atom is -0.399 e. The molecule has 1 saturated heterocycles. The lowest BCUT2D eigenvalue weighted by atomic mass is 10.1. The summed E-state index contributed by atoms with van der Waals surface area (Å²) < 4.78 is 26.8. The summed E-state index contributed by atoms with van der Waals surface area (Å²) in [6.45, 7) is -1.30. The van der Waals surface area contributed by atoms with Crippen molar-refractivity contribution in [3.05, 3.63) is 36.0 Å². The smallest absolute Gasteiger partial charge is 0.268 e. The van der Waals surface area contributed by atoms with E-state index in [1.54, 1.807) is 24.3 Å². The summed E-state index contributed by atoms with van der Waals surface area (Å²) in [4.78, 5) is 29.5. The van der Waals surface area contributed by atoms with Gasteiger partial charge in [-0.25, -0.2) is 8.78 Å². The van der Waals surface area contributed by atoms with Gasteiger partial charge in [0, 0.05) is 23.7 Å². The number of pyridine rings is 1. The van der Waals surface area contributed by atoms with Crippen molar-refractivity contribution in [3.8, 4) is 6.07 Å². The highest BCUT2D eigenvalue weighted by atomic mass is 19.3. The molecule has 7 nitrogen and oxygen atoms in total. The predicted molar refractivity (Wildman–Crippen MR) is 89.2 cm³/mol. The zero-order valence-corrected chi connectivity index (χ0v) is 13.6. The second-order valence-electron chi connectivity index (χ2n) is 6.04. The summed E-state index contributed by atoms with van der Waals surface area (Å²) >= 11 is 0. The number of carbonyl (C=O) groups excluding carboxylic acids is 2. The zero-order valence-electron chi connectivity index (χ0n) is 13.6. The normalized spacial score (nSPS) is 18.5. The molecule has 3 N–H and O–H groups in total. The van der Waals surface area contributed by atoms with Gasteiger partial charge >= 0.3 is 0 Å². The predicted octanol–water partition coefficient (Wildman–Crippen LogP) is 1.31. The molecule has 0 radical (unpaired) electrons. The maximum Gasteiger partial charge on any atom is 0.268 e. The SMILES string of the molecule is N#C[C@@H]1CC(F)(F)CN1C(=O)CNC(=O)c1ccnc2cc(N)ccc12. The number of nitrogens with one attached hydrogen (secondary N) is 1. The number of halogens is 2.